The van der Waals surface area contributed by atoms with Crippen LogP contribution in [0.3, 0.4) is 0 Å². The molecule has 1 amide bonds. The van der Waals surface area contributed by atoms with Gasteiger partial charge in [0.15, 0.2) is 18.1 Å². The van der Waals surface area contributed by atoms with Crippen LogP contribution in [0.2, 0.25) is 0 Å². The molecule has 9 heteroatoms. The summed E-state index contributed by atoms with van der Waals surface area (Å²) in [5, 5.41) is 13.9. The van der Waals surface area contributed by atoms with E-state index in [0.29, 0.717) is 5.69 Å². The summed E-state index contributed by atoms with van der Waals surface area (Å²) < 4.78 is 15.0. The van der Waals surface area contributed by atoms with Crippen molar-refractivity contribution in [2.24, 2.45) is 0 Å². The predicted molar refractivity (Wildman–Crippen MR) is 110 cm³/mol. The van der Waals surface area contributed by atoms with Gasteiger partial charge in [0.05, 0.1) is 25.2 Å². The van der Waals surface area contributed by atoms with E-state index in [2.05, 4.69) is 26.1 Å². The minimum absolute atomic E-state index is 0.0216. The maximum atomic E-state index is 12.3. The van der Waals surface area contributed by atoms with Gasteiger partial charge in [-0.15, -0.1) is 0 Å². The lowest BCUT2D eigenvalue weighted by Crippen LogP contribution is -2.21. The topological polar surface area (TPSA) is 117 Å². The molecule has 0 aliphatic heterocycles. The van der Waals surface area contributed by atoms with Crippen LogP contribution in [0.25, 0.3) is 0 Å². The standard InChI is InChI=1S/C21H24N2O7/c1-21(2,3)13-6-8-14(9-7-13)22-19(24)12-30-20(25)15-10-17(28-4)18(29-5)11-16(15)23(26)27/h6-11H,12H2,1-5H3,(H,22,24). The summed E-state index contributed by atoms with van der Waals surface area (Å²) in [6, 6.07) is 9.50. The number of benzene rings is 2. The molecule has 0 heterocycles. The highest BCUT2D eigenvalue weighted by Crippen LogP contribution is 2.34. The highest BCUT2D eigenvalue weighted by Gasteiger charge is 2.26. The molecule has 2 rings (SSSR count). The van der Waals surface area contributed by atoms with Gasteiger partial charge in [0.25, 0.3) is 11.6 Å². The van der Waals surface area contributed by atoms with E-state index in [-0.39, 0.29) is 22.5 Å². The molecule has 9 nitrogen and oxygen atoms in total. The molecule has 30 heavy (non-hydrogen) atoms. The first-order chi connectivity index (χ1) is 14.1. The Morgan fingerprint density at radius 2 is 1.60 bits per heavy atom. The molecule has 0 aliphatic rings. The van der Waals surface area contributed by atoms with Crippen LogP contribution in [0, 0.1) is 10.1 Å². The fourth-order valence-electron chi connectivity index (χ4n) is 2.64. The number of rotatable bonds is 7. The molecule has 160 valence electrons. The number of ether oxygens (including phenoxy) is 3. The Hall–Kier alpha value is -3.62. The van der Waals surface area contributed by atoms with Gasteiger partial charge in [-0.05, 0) is 23.1 Å². The van der Waals surface area contributed by atoms with Gasteiger partial charge >= 0.3 is 5.97 Å². The quantitative estimate of drug-likeness (QED) is 0.415. The number of esters is 1. The number of anilines is 1. The van der Waals surface area contributed by atoms with Gasteiger partial charge in [-0.2, -0.15) is 0 Å². The first-order valence-electron chi connectivity index (χ1n) is 9.04. The lowest BCUT2D eigenvalue weighted by atomic mass is 9.87. The van der Waals surface area contributed by atoms with E-state index in [0.717, 1.165) is 17.7 Å². The second-order valence-corrected chi connectivity index (χ2v) is 7.43. The van der Waals surface area contributed by atoms with E-state index in [4.69, 9.17) is 14.2 Å². The van der Waals surface area contributed by atoms with Gasteiger partial charge in [0.1, 0.15) is 5.56 Å². The first kappa shape index (κ1) is 22.7. The van der Waals surface area contributed by atoms with Crippen LogP contribution in [0.15, 0.2) is 36.4 Å². The Labute approximate surface area is 174 Å². The Morgan fingerprint density at radius 3 is 2.10 bits per heavy atom. The van der Waals surface area contributed by atoms with Crippen LogP contribution in [0.1, 0.15) is 36.7 Å². The monoisotopic (exact) mass is 416 g/mol. The van der Waals surface area contributed by atoms with E-state index < -0.39 is 29.1 Å². The molecule has 0 bridgehead atoms. The Bertz CT molecular complexity index is 947. The third-order valence-corrected chi connectivity index (χ3v) is 4.29. The van der Waals surface area contributed by atoms with Crippen molar-refractivity contribution in [1.82, 2.24) is 0 Å². The van der Waals surface area contributed by atoms with Crippen molar-refractivity contribution < 1.29 is 28.7 Å². The summed E-state index contributed by atoms with van der Waals surface area (Å²) in [7, 11) is 2.65. The number of nitrogens with zero attached hydrogens (tertiary/aromatic N) is 1. The Balaban J connectivity index is 2.08. The summed E-state index contributed by atoms with van der Waals surface area (Å²) in [6.45, 7) is 5.62. The molecule has 0 saturated carbocycles. The Morgan fingerprint density at radius 1 is 1.03 bits per heavy atom. The average Bonchev–Trinajstić information content (AvgIpc) is 2.70. The number of nitrogens with one attached hydrogen (secondary N) is 1. The third kappa shape index (κ3) is 5.47. The first-order valence-corrected chi connectivity index (χ1v) is 9.04. The van der Waals surface area contributed by atoms with Gasteiger partial charge in [-0.1, -0.05) is 32.9 Å². The van der Waals surface area contributed by atoms with E-state index in [1.807, 2.05) is 12.1 Å². The molecule has 0 radical (unpaired) electrons. The maximum Gasteiger partial charge on any atom is 0.345 e. The number of carbonyl (C=O) groups is 2. The Kier molecular flexibility index (Phi) is 6.99. The number of nitro groups is 1. The van der Waals surface area contributed by atoms with Crippen LogP contribution in [0.4, 0.5) is 11.4 Å². The molecule has 0 saturated heterocycles. The van der Waals surface area contributed by atoms with Crippen LogP contribution < -0.4 is 14.8 Å². The highest BCUT2D eigenvalue weighted by atomic mass is 16.6. The third-order valence-electron chi connectivity index (χ3n) is 4.29. The lowest BCUT2D eigenvalue weighted by molar-refractivity contribution is -0.385. The molecule has 0 aromatic heterocycles. The minimum Gasteiger partial charge on any atom is -0.493 e. The van der Waals surface area contributed by atoms with Gasteiger partial charge in [-0.25, -0.2) is 4.79 Å². The molecule has 0 spiro atoms. The summed E-state index contributed by atoms with van der Waals surface area (Å²) in [4.78, 5) is 35.0. The molecule has 0 atom stereocenters. The zero-order valence-corrected chi connectivity index (χ0v) is 17.5. The summed E-state index contributed by atoms with van der Waals surface area (Å²) in [5.74, 6) is -1.38. The molecule has 2 aromatic carbocycles. The van der Waals surface area contributed by atoms with Crippen LogP contribution in [-0.2, 0) is 14.9 Å². The van der Waals surface area contributed by atoms with E-state index >= 15 is 0 Å². The number of carbonyl (C=O) groups excluding carboxylic acids is 2. The molecule has 1 N–H and O–H groups in total. The highest BCUT2D eigenvalue weighted by molar-refractivity contribution is 5.98. The fraction of sp³-hybridized carbons (Fsp3) is 0.333. The van der Waals surface area contributed by atoms with Gasteiger partial charge < -0.3 is 19.5 Å². The number of nitro benzene ring substituents is 1. The largest absolute Gasteiger partial charge is 0.493 e. The number of hydrogen-bond donors (Lipinski definition) is 1. The average molecular weight is 416 g/mol. The summed E-state index contributed by atoms with van der Waals surface area (Å²) >= 11 is 0. The van der Waals surface area contributed by atoms with Gasteiger partial charge in [0, 0.05) is 11.8 Å². The smallest absolute Gasteiger partial charge is 0.345 e. The zero-order valence-electron chi connectivity index (χ0n) is 17.5. The second-order valence-electron chi connectivity index (χ2n) is 7.43. The molecule has 0 aliphatic carbocycles. The lowest BCUT2D eigenvalue weighted by Gasteiger charge is -2.19. The zero-order chi connectivity index (χ0) is 22.5. The minimum atomic E-state index is -1.03. The molecule has 0 fully saturated rings. The molecular weight excluding hydrogens is 392 g/mol. The van der Waals surface area contributed by atoms with E-state index in [1.165, 1.54) is 14.2 Å². The van der Waals surface area contributed by atoms with Gasteiger partial charge in [-0.3, -0.25) is 14.9 Å². The van der Waals surface area contributed by atoms with Crippen LogP contribution in [0.5, 0.6) is 11.5 Å². The normalized spacial score (nSPS) is 10.8. The predicted octanol–water partition coefficient (Wildman–Crippen LogP) is 3.71. The van der Waals surface area contributed by atoms with Crippen molar-refractivity contribution in [3.8, 4) is 11.5 Å². The van der Waals surface area contributed by atoms with Crippen molar-refractivity contribution in [3.05, 3.63) is 57.6 Å². The number of hydrogen-bond acceptors (Lipinski definition) is 7. The van der Waals surface area contributed by atoms with Crippen molar-refractivity contribution in [2.45, 2.75) is 26.2 Å². The maximum absolute atomic E-state index is 12.3. The summed E-state index contributed by atoms with van der Waals surface area (Å²) in [6.07, 6.45) is 0. The van der Waals surface area contributed by atoms with Crippen molar-refractivity contribution in [3.63, 3.8) is 0 Å². The number of methoxy groups -OCH3 is 2. The molecular formula is C21H24N2O7. The SMILES string of the molecule is COc1cc(C(=O)OCC(=O)Nc2ccc(C(C)(C)C)cc2)c([N+](=O)[O-])cc1OC. The van der Waals surface area contributed by atoms with Crippen molar-refractivity contribution in [1.29, 1.82) is 0 Å². The van der Waals surface area contributed by atoms with Crippen LogP contribution >= 0.6 is 0 Å². The second kappa shape index (κ2) is 9.25. The van der Waals surface area contributed by atoms with E-state index in [9.17, 15) is 19.7 Å². The number of amides is 1. The molecule has 0 unspecified atom stereocenters. The molecule has 2 aromatic rings. The van der Waals surface area contributed by atoms with Crippen molar-refractivity contribution >= 4 is 23.3 Å². The van der Waals surface area contributed by atoms with Gasteiger partial charge in [0.2, 0.25) is 0 Å². The van der Waals surface area contributed by atoms with E-state index in [1.54, 1.807) is 12.1 Å². The van der Waals surface area contributed by atoms with Crippen LogP contribution in [-0.4, -0.2) is 37.6 Å². The fourth-order valence-corrected chi connectivity index (χ4v) is 2.64. The van der Waals surface area contributed by atoms with Crippen molar-refractivity contribution in [2.75, 3.05) is 26.1 Å². The summed E-state index contributed by atoms with van der Waals surface area (Å²) in [5.41, 5.74) is 0.760.